The Labute approximate surface area is 120 Å². The molecule has 21 heavy (non-hydrogen) atoms. The van der Waals surface area contributed by atoms with Crippen LogP contribution in [0.2, 0.25) is 0 Å². The summed E-state index contributed by atoms with van der Waals surface area (Å²) in [5.41, 5.74) is -0.0239. The molecule has 8 heteroatoms. The number of aromatic carboxylic acids is 1. The highest BCUT2D eigenvalue weighted by atomic mass is 16.4. The van der Waals surface area contributed by atoms with Crippen LogP contribution in [0.3, 0.4) is 0 Å². The van der Waals surface area contributed by atoms with Gasteiger partial charge in [-0.25, -0.2) is 4.79 Å². The molecule has 112 valence electrons. The van der Waals surface area contributed by atoms with E-state index < -0.39 is 29.7 Å². The van der Waals surface area contributed by atoms with Crippen molar-refractivity contribution in [3.8, 4) is 0 Å². The molecule has 0 spiro atoms. The van der Waals surface area contributed by atoms with Gasteiger partial charge in [0.1, 0.15) is 24.8 Å². The van der Waals surface area contributed by atoms with Crippen molar-refractivity contribution >= 4 is 23.7 Å². The molecule has 1 saturated heterocycles. The topological polar surface area (TPSA) is 109 Å². The molecule has 0 bridgehead atoms. The molecule has 2 N–H and O–H groups in total. The fourth-order valence-corrected chi connectivity index (χ4v) is 2.32. The van der Waals surface area contributed by atoms with Gasteiger partial charge in [-0.2, -0.15) is 0 Å². The summed E-state index contributed by atoms with van der Waals surface area (Å²) in [6, 6.07) is 2.18. The minimum absolute atomic E-state index is 0.0239. The zero-order valence-electron chi connectivity index (χ0n) is 11.4. The number of rotatable bonds is 4. The van der Waals surface area contributed by atoms with Crippen LogP contribution < -0.4 is 5.32 Å². The van der Waals surface area contributed by atoms with E-state index in [2.05, 4.69) is 5.32 Å². The highest BCUT2D eigenvalue weighted by molar-refractivity contribution is 6.04. The third kappa shape index (κ3) is 2.93. The number of piperazine rings is 1. The van der Waals surface area contributed by atoms with E-state index in [9.17, 15) is 19.2 Å². The van der Waals surface area contributed by atoms with Crippen molar-refractivity contribution in [3.05, 3.63) is 24.0 Å². The van der Waals surface area contributed by atoms with Crippen molar-refractivity contribution in [3.63, 3.8) is 0 Å². The summed E-state index contributed by atoms with van der Waals surface area (Å²) in [6.45, 7) is 1.30. The Balaban J connectivity index is 2.18. The van der Waals surface area contributed by atoms with Crippen molar-refractivity contribution in [1.29, 1.82) is 0 Å². The van der Waals surface area contributed by atoms with Gasteiger partial charge in [0.15, 0.2) is 0 Å². The van der Waals surface area contributed by atoms with Gasteiger partial charge in [-0.1, -0.05) is 6.92 Å². The first-order valence-corrected chi connectivity index (χ1v) is 6.45. The molecule has 0 aromatic carbocycles. The number of hydrogen-bond acceptors (Lipinski definition) is 4. The van der Waals surface area contributed by atoms with Crippen LogP contribution in [0.4, 0.5) is 0 Å². The Morgan fingerprint density at radius 1 is 1.43 bits per heavy atom. The molecule has 8 nitrogen and oxygen atoms in total. The van der Waals surface area contributed by atoms with Gasteiger partial charge in [0.25, 0.3) is 0 Å². The summed E-state index contributed by atoms with van der Waals surface area (Å²) in [5.74, 6) is -2.66. The number of nitrogens with zero attached hydrogens (tertiary/aromatic N) is 2. The minimum atomic E-state index is -1.15. The lowest BCUT2D eigenvalue weighted by atomic mass is 10.1. The van der Waals surface area contributed by atoms with E-state index in [4.69, 9.17) is 5.11 Å². The van der Waals surface area contributed by atoms with Crippen molar-refractivity contribution in [2.45, 2.75) is 25.9 Å². The molecule has 3 amide bonds. The molecule has 0 saturated carbocycles. The van der Waals surface area contributed by atoms with Crippen molar-refractivity contribution in [2.24, 2.45) is 0 Å². The number of carboxylic acids is 1. The minimum Gasteiger partial charge on any atom is -0.477 e. The van der Waals surface area contributed by atoms with E-state index in [0.717, 1.165) is 0 Å². The van der Waals surface area contributed by atoms with E-state index in [1.165, 1.54) is 27.8 Å². The summed E-state index contributed by atoms with van der Waals surface area (Å²) in [6.07, 6.45) is 1.84. The molecule has 2 heterocycles. The first-order valence-electron chi connectivity index (χ1n) is 6.45. The third-order valence-electron chi connectivity index (χ3n) is 3.32. The maximum Gasteiger partial charge on any atom is 0.352 e. The van der Waals surface area contributed by atoms with Gasteiger partial charge < -0.3 is 14.6 Å². The summed E-state index contributed by atoms with van der Waals surface area (Å²) < 4.78 is 1.27. The van der Waals surface area contributed by atoms with E-state index in [-0.39, 0.29) is 18.8 Å². The first-order chi connectivity index (χ1) is 9.93. The lowest BCUT2D eigenvalue weighted by Crippen LogP contribution is -2.60. The molecule has 1 aliphatic heterocycles. The molecule has 1 aromatic heterocycles. The average molecular weight is 293 g/mol. The lowest BCUT2D eigenvalue weighted by molar-refractivity contribution is -0.150. The highest BCUT2D eigenvalue weighted by Gasteiger charge is 2.35. The second kappa shape index (κ2) is 5.78. The summed E-state index contributed by atoms with van der Waals surface area (Å²) in [7, 11) is 0. The molecule has 2 rings (SSSR count). The zero-order chi connectivity index (χ0) is 15.6. The maximum absolute atomic E-state index is 12.3. The Bertz CT molecular complexity index is 607. The van der Waals surface area contributed by atoms with Crippen LogP contribution in [0.1, 0.15) is 23.8 Å². The van der Waals surface area contributed by atoms with Crippen molar-refractivity contribution in [2.75, 3.05) is 6.54 Å². The third-order valence-corrected chi connectivity index (χ3v) is 3.32. The van der Waals surface area contributed by atoms with Gasteiger partial charge in [-0.3, -0.25) is 19.7 Å². The predicted molar refractivity (Wildman–Crippen MR) is 70.3 cm³/mol. The van der Waals surface area contributed by atoms with Crippen LogP contribution in [-0.4, -0.2) is 50.9 Å². The van der Waals surface area contributed by atoms with Gasteiger partial charge >= 0.3 is 5.97 Å². The summed E-state index contributed by atoms with van der Waals surface area (Å²) in [5, 5.41) is 11.2. The van der Waals surface area contributed by atoms with Crippen LogP contribution in [-0.2, 0) is 20.9 Å². The van der Waals surface area contributed by atoms with E-state index in [1.807, 2.05) is 0 Å². The van der Waals surface area contributed by atoms with E-state index >= 15 is 0 Å². The molecular formula is C13H15N3O5. The van der Waals surface area contributed by atoms with Gasteiger partial charge in [-0.05, 0) is 18.6 Å². The normalized spacial score (nSPS) is 18.5. The number of aromatic nitrogens is 1. The highest BCUT2D eigenvalue weighted by Crippen LogP contribution is 2.11. The maximum atomic E-state index is 12.3. The summed E-state index contributed by atoms with van der Waals surface area (Å²) in [4.78, 5) is 47.6. The van der Waals surface area contributed by atoms with Crippen LogP contribution in [0, 0.1) is 0 Å². The number of carbonyl (C=O) groups is 4. The molecule has 1 unspecified atom stereocenters. The predicted octanol–water partition coefficient (Wildman–Crippen LogP) is -0.550. The molecule has 0 aliphatic carbocycles. The zero-order valence-corrected chi connectivity index (χ0v) is 11.4. The Kier molecular flexibility index (Phi) is 4.06. The second-order valence-electron chi connectivity index (χ2n) is 4.68. The Morgan fingerprint density at radius 2 is 2.14 bits per heavy atom. The molecule has 1 fully saturated rings. The monoisotopic (exact) mass is 293 g/mol. The van der Waals surface area contributed by atoms with Crippen LogP contribution in [0.15, 0.2) is 18.3 Å². The number of amides is 3. The van der Waals surface area contributed by atoms with Gasteiger partial charge in [-0.15, -0.1) is 0 Å². The SMILES string of the molecule is CCC1C(=O)NC(=O)CN1C(=O)Cn1cccc1C(=O)O. The van der Waals surface area contributed by atoms with E-state index in [1.54, 1.807) is 6.92 Å². The van der Waals surface area contributed by atoms with Crippen LogP contribution >= 0.6 is 0 Å². The van der Waals surface area contributed by atoms with E-state index in [0.29, 0.717) is 6.42 Å². The van der Waals surface area contributed by atoms with Gasteiger partial charge in [0, 0.05) is 6.20 Å². The van der Waals surface area contributed by atoms with Gasteiger partial charge in [0.05, 0.1) is 0 Å². The Hall–Kier alpha value is -2.64. The quantitative estimate of drug-likeness (QED) is 0.724. The van der Waals surface area contributed by atoms with Crippen LogP contribution in [0.5, 0.6) is 0 Å². The largest absolute Gasteiger partial charge is 0.477 e. The fraction of sp³-hybridized carbons (Fsp3) is 0.385. The van der Waals surface area contributed by atoms with Crippen LogP contribution in [0.25, 0.3) is 0 Å². The molecular weight excluding hydrogens is 278 g/mol. The molecule has 1 aromatic rings. The molecule has 1 aliphatic rings. The Morgan fingerprint density at radius 3 is 2.76 bits per heavy atom. The number of imide groups is 1. The first kappa shape index (κ1) is 14.8. The van der Waals surface area contributed by atoms with Crippen molar-refractivity contribution < 1.29 is 24.3 Å². The number of carboxylic acid groups (broad SMARTS) is 1. The van der Waals surface area contributed by atoms with Gasteiger partial charge in [0.2, 0.25) is 17.7 Å². The second-order valence-corrected chi connectivity index (χ2v) is 4.68. The lowest BCUT2D eigenvalue weighted by Gasteiger charge is -2.33. The summed E-state index contributed by atoms with van der Waals surface area (Å²) >= 11 is 0. The van der Waals surface area contributed by atoms with Crippen molar-refractivity contribution in [1.82, 2.24) is 14.8 Å². The number of hydrogen-bond donors (Lipinski definition) is 2. The fourth-order valence-electron chi connectivity index (χ4n) is 2.32. The molecule has 1 atom stereocenters. The molecule has 0 radical (unpaired) electrons. The standard InChI is InChI=1S/C13H15N3O5/c1-2-8-12(19)14-10(17)6-16(8)11(18)7-15-5-3-4-9(15)13(20)21/h3-5,8H,2,6-7H2,1H3,(H,20,21)(H,14,17,19). The average Bonchev–Trinajstić information content (AvgIpc) is 2.86. The number of carbonyl (C=O) groups excluding carboxylic acids is 3. The number of nitrogens with one attached hydrogen (secondary N) is 1. The smallest absolute Gasteiger partial charge is 0.352 e.